The molecule has 2 aromatic rings. The monoisotopic (exact) mass is 238 g/mol. The Morgan fingerprint density at radius 2 is 1.28 bits per heavy atom. The third-order valence-electron chi connectivity index (χ3n) is 3.01. The zero-order valence-electron chi connectivity index (χ0n) is 11.1. The smallest absolute Gasteiger partial charge is 0.0684 e. The zero-order valence-corrected chi connectivity index (χ0v) is 11.1. The highest BCUT2D eigenvalue weighted by Crippen LogP contribution is 2.15. The van der Waals surface area contributed by atoms with E-state index < -0.39 is 0 Å². The molecule has 0 saturated carbocycles. The number of hydrogen-bond acceptors (Lipinski definition) is 2. The minimum absolute atomic E-state index is 0.570. The maximum absolute atomic E-state index is 8.21. The third kappa shape index (κ3) is 2.59. The molecule has 2 heteroatoms. The second-order valence-electron chi connectivity index (χ2n) is 4.68. The van der Waals surface area contributed by atoms with Gasteiger partial charge in [0.25, 0.3) is 0 Å². The van der Waals surface area contributed by atoms with Crippen LogP contribution in [0.5, 0.6) is 0 Å². The van der Waals surface area contributed by atoms with Gasteiger partial charge in [-0.2, -0.15) is 0 Å². The van der Waals surface area contributed by atoms with Crippen molar-refractivity contribution in [1.82, 2.24) is 0 Å². The molecule has 0 heterocycles. The SMILES string of the molecule is Cc1ccc(C(=N)c2ccc(N(C)C)cc2)cc1. The molecule has 2 aromatic carbocycles. The first kappa shape index (κ1) is 12.4. The fourth-order valence-electron chi connectivity index (χ4n) is 1.81. The molecule has 0 unspecified atom stereocenters. The Morgan fingerprint density at radius 3 is 1.72 bits per heavy atom. The van der Waals surface area contributed by atoms with E-state index in [1.54, 1.807) is 0 Å². The van der Waals surface area contributed by atoms with Crippen LogP contribution in [0.2, 0.25) is 0 Å². The summed E-state index contributed by atoms with van der Waals surface area (Å²) in [6.45, 7) is 2.05. The summed E-state index contributed by atoms with van der Waals surface area (Å²) in [7, 11) is 4.03. The maximum Gasteiger partial charge on any atom is 0.0684 e. The fraction of sp³-hybridized carbons (Fsp3) is 0.188. The number of rotatable bonds is 3. The molecular weight excluding hydrogens is 220 g/mol. The van der Waals surface area contributed by atoms with Crippen molar-refractivity contribution in [3.8, 4) is 0 Å². The van der Waals surface area contributed by atoms with E-state index in [0.717, 1.165) is 16.8 Å². The first-order valence-corrected chi connectivity index (χ1v) is 6.01. The molecule has 0 aliphatic heterocycles. The van der Waals surface area contributed by atoms with Crippen molar-refractivity contribution in [1.29, 1.82) is 5.41 Å². The van der Waals surface area contributed by atoms with Gasteiger partial charge < -0.3 is 4.90 Å². The number of aryl methyl sites for hydroxylation is 1. The van der Waals surface area contributed by atoms with Gasteiger partial charge in [-0.25, -0.2) is 0 Å². The average molecular weight is 238 g/mol. The Morgan fingerprint density at radius 1 is 0.833 bits per heavy atom. The van der Waals surface area contributed by atoms with Crippen LogP contribution in [0.1, 0.15) is 16.7 Å². The molecular formula is C16H18N2. The minimum Gasteiger partial charge on any atom is -0.378 e. The van der Waals surface area contributed by atoms with Gasteiger partial charge in [0.2, 0.25) is 0 Å². The second-order valence-corrected chi connectivity index (χ2v) is 4.68. The van der Waals surface area contributed by atoms with Gasteiger partial charge in [-0.3, -0.25) is 5.41 Å². The summed E-state index contributed by atoms with van der Waals surface area (Å²) >= 11 is 0. The largest absolute Gasteiger partial charge is 0.378 e. The van der Waals surface area contributed by atoms with Crippen molar-refractivity contribution >= 4 is 11.4 Å². The van der Waals surface area contributed by atoms with Gasteiger partial charge in [-0.15, -0.1) is 0 Å². The van der Waals surface area contributed by atoms with Crippen LogP contribution in [0, 0.1) is 12.3 Å². The summed E-state index contributed by atoms with van der Waals surface area (Å²) in [5, 5.41) is 8.21. The summed E-state index contributed by atoms with van der Waals surface area (Å²) in [4.78, 5) is 2.05. The Hall–Kier alpha value is -2.09. The van der Waals surface area contributed by atoms with Crippen molar-refractivity contribution < 1.29 is 0 Å². The van der Waals surface area contributed by atoms with E-state index in [-0.39, 0.29) is 0 Å². The lowest BCUT2D eigenvalue weighted by atomic mass is 10.0. The third-order valence-corrected chi connectivity index (χ3v) is 3.01. The van der Waals surface area contributed by atoms with Gasteiger partial charge in [0.05, 0.1) is 5.71 Å². The van der Waals surface area contributed by atoms with Crippen molar-refractivity contribution in [2.75, 3.05) is 19.0 Å². The second kappa shape index (κ2) is 5.05. The molecule has 92 valence electrons. The molecule has 0 fully saturated rings. The predicted molar refractivity (Wildman–Crippen MR) is 77.9 cm³/mol. The van der Waals surface area contributed by atoms with Gasteiger partial charge in [-0.05, 0) is 19.1 Å². The van der Waals surface area contributed by atoms with E-state index in [0.29, 0.717) is 5.71 Å². The number of nitrogens with one attached hydrogen (secondary N) is 1. The summed E-state index contributed by atoms with van der Waals surface area (Å²) in [5.74, 6) is 0. The highest BCUT2D eigenvalue weighted by Gasteiger charge is 2.04. The number of nitrogens with zero attached hydrogens (tertiary/aromatic N) is 1. The first-order valence-electron chi connectivity index (χ1n) is 6.01. The summed E-state index contributed by atoms with van der Waals surface area (Å²) in [6.07, 6.45) is 0. The number of anilines is 1. The Kier molecular flexibility index (Phi) is 3.47. The molecule has 0 spiro atoms. The average Bonchev–Trinajstić information content (AvgIpc) is 2.39. The van der Waals surface area contributed by atoms with E-state index in [1.165, 1.54) is 5.56 Å². The van der Waals surface area contributed by atoms with Crippen LogP contribution in [0.25, 0.3) is 0 Å². The Balaban J connectivity index is 2.26. The zero-order chi connectivity index (χ0) is 13.1. The van der Waals surface area contributed by atoms with E-state index >= 15 is 0 Å². The predicted octanol–water partition coefficient (Wildman–Crippen LogP) is 3.48. The van der Waals surface area contributed by atoms with Crippen LogP contribution in [0.3, 0.4) is 0 Å². The normalized spacial score (nSPS) is 10.2. The molecule has 1 N–H and O–H groups in total. The lowest BCUT2D eigenvalue weighted by molar-refractivity contribution is 1.13. The summed E-state index contributed by atoms with van der Waals surface area (Å²) < 4.78 is 0. The topological polar surface area (TPSA) is 27.1 Å². The van der Waals surface area contributed by atoms with Crippen molar-refractivity contribution in [3.05, 3.63) is 65.2 Å². The van der Waals surface area contributed by atoms with Gasteiger partial charge in [0, 0.05) is 30.9 Å². The maximum atomic E-state index is 8.21. The molecule has 0 aliphatic rings. The van der Waals surface area contributed by atoms with Gasteiger partial charge in [0.1, 0.15) is 0 Å². The van der Waals surface area contributed by atoms with E-state index in [9.17, 15) is 0 Å². The highest BCUT2D eigenvalue weighted by atomic mass is 15.1. The van der Waals surface area contributed by atoms with E-state index in [1.807, 2.05) is 62.6 Å². The van der Waals surface area contributed by atoms with Crippen LogP contribution in [-0.2, 0) is 0 Å². The van der Waals surface area contributed by atoms with Gasteiger partial charge >= 0.3 is 0 Å². The lowest BCUT2D eigenvalue weighted by Gasteiger charge is -2.13. The molecule has 2 nitrogen and oxygen atoms in total. The molecule has 0 bridgehead atoms. The molecule has 0 saturated heterocycles. The van der Waals surface area contributed by atoms with Crippen LogP contribution in [0.15, 0.2) is 48.5 Å². The van der Waals surface area contributed by atoms with Crippen molar-refractivity contribution in [2.24, 2.45) is 0 Å². The standard InChI is InChI=1S/C16H18N2/c1-12-4-6-13(7-5-12)16(17)14-8-10-15(11-9-14)18(2)3/h4-11,17H,1-3H3. The van der Waals surface area contributed by atoms with Crippen LogP contribution >= 0.6 is 0 Å². The molecule has 0 radical (unpaired) electrons. The van der Waals surface area contributed by atoms with Crippen LogP contribution < -0.4 is 4.90 Å². The molecule has 0 aromatic heterocycles. The molecule has 0 amide bonds. The van der Waals surface area contributed by atoms with Gasteiger partial charge in [-0.1, -0.05) is 42.0 Å². The molecule has 0 aliphatic carbocycles. The van der Waals surface area contributed by atoms with Gasteiger partial charge in [0.15, 0.2) is 0 Å². The molecule has 18 heavy (non-hydrogen) atoms. The van der Waals surface area contributed by atoms with E-state index in [4.69, 9.17) is 5.41 Å². The van der Waals surface area contributed by atoms with Crippen molar-refractivity contribution in [2.45, 2.75) is 6.92 Å². The molecule has 2 rings (SSSR count). The highest BCUT2D eigenvalue weighted by molar-refractivity contribution is 6.10. The van der Waals surface area contributed by atoms with Crippen LogP contribution in [0.4, 0.5) is 5.69 Å². The summed E-state index contributed by atoms with van der Waals surface area (Å²) in [5.41, 5.74) is 4.84. The molecule has 0 atom stereocenters. The Labute approximate surface area is 108 Å². The lowest BCUT2D eigenvalue weighted by Crippen LogP contribution is -2.09. The number of benzene rings is 2. The Bertz CT molecular complexity index is 536. The fourth-order valence-corrected chi connectivity index (χ4v) is 1.81. The van der Waals surface area contributed by atoms with Crippen molar-refractivity contribution in [3.63, 3.8) is 0 Å². The quantitative estimate of drug-likeness (QED) is 0.814. The van der Waals surface area contributed by atoms with E-state index in [2.05, 4.69) is 11.8 Å². The summed E-state index contributed by atoms with van der Waals surface area (Å²) in [6, 6.07) is 16.1. The van der Waals surface area contributed by atoms with Crippen LogP contribution in [-0.4, -0.2) is 19.8 Å². The number of hydrogen-bond donors (Lipinski definition) is 1. The minimum atomic E-state index is 0.570. The first-order chi connectivity index (χ1) is 8.58.